The quantitative estimate of drug-likeness (QED) is 0.917. The van der Waals surface area contributed by atoms with E-state index in [2.05, 4.69) is 40.2 Å². The normalized spacial score (nSPS) is 26.1. The third-order valence-corrected chi connectivity index (χ3v) is 5.36. The Morgan fingerprint density at radius 1 is 1.14 bits per heavy atom. The minimum Gasteiger partial charge on any atom is -0.368 e. The summed E-state index contributed by atoms with van der Waals surface area (Å²) in [6, 6.07) is 8.64. The Kier molecular flexibility index (Phi) is 3.64. The minimum absolute atomic E-state index is 0.792. The van der Waals surface area contributed by atoms with E-state index < -0.39 is 0 Å². The monoisotopic (exact) mass is 285 g/mol. The molecule has 1 aromatic carbocycles. The Labute approximate surface area is 128 Å². The molecular formula is C18H27N3. The van der Waals surface area contributed by atoms with Gasteiger partial charge in [-0.2, -0.15) is 0 Å². The average molecular weight is 285 g/mol. The van der Waals surface area contributed by atoms with E-state index in [0.29, 0.717) is 0 Å². The van der Waals surface area contributed by atoms with E-state index in [-0.39, 0.29) is 0 Å². The van der Waals surface area contributed by atoms with E-state index in [4.69, 9.17) is 0 Å². The highest BCUT2D eigenvalue weighted by Gasteiger charge is 2.30. The van der Waals surface area contributed by atoms with Gasteiger partial charge in [-0.15, -0.1) is 0 Å². The number of anilines is 1. The van der Waals surface area contributed by atoms with Gasteiger partial charge in [0, 0.05) is 44.0 Å². The summed E-state index contributed by atoms with van der Waals surface area (Å²) >= 11 is 0. The fraction of sp³-hybridized carbons (Fsp3) is 0.667. The average Bonchev–Trinajstić information content (AvgIpc) is 3.21. The first-order chi connectivity index (χ1) is 10.3. The lowest BCUT2D eigenvalue weighted by molar-refractivity contribution is 0.231. The summed E-state index contributed by atoms with van der Waals surface area (Å²) in [6.45, 7) is 8.29. The summed E-state index contributed by atoms with van der Waals surface area (Å²) < 4.78 is 0. The van der Waals surface area contributed by atoms with Crippen LogP contribution in [0.4, 0.5) is 5.69 Å². The third-order valence-electron chi connectivity index (χ3n) is 5.36. The molecule has 114 valence electrons. The largest absolute Gasteiger partial charge is 0.368 e. The number of nitrogens with one attached hydrogen (secondary N) is 1. The summed E-state index contributed by atoms with van der Waals surface area (Å²) in [5, 5.41) is 3.61. The molecule has 0 aromatic heterocycles. The number of benzene rings is 1. The van der Waals surface area contributed by atoms with Crippen molar-refractivity contribution in [1.82, 2.24) is 10.2 Å². The van der Waals surface area contributed by atoms with Crippen molar-refractivity contribution in [2.75, 3.05) is 31.1 Å². The van der Waals surface area contributed by atoms with Crippen molar-refractivity contribution in [1.29, 1.82) is 0 Å². The van der Waals surface area contributed by atoms with E-state index in [1.165, 1.54) is 68.7 Å². The third kappa shape index (κ3) is 2.95. The van der Waals surface area contributed by atoms with Crippen molar-refractivity contribution in [3.05, 3.63) is 29.3 Å². The molecule has 0 amide bonds. The van der Waals surface area contributed by atoms with Crippen LogP contribution in [0.3, 0.4) is 0 Å². The van der Waals surface area contributed by atoms with Crippen LogP contribution in [-0.4, -0.2) is 43.2 Å². The van der Waals surface area contributed by atoms with E-state index in [9.17, 15) is 0 Å². The lowest BCUT2D eigenvalue weighted by Gasteiger charge is -2.39. The molecule has 1 aliphatic carbocycles. The van der Waals surface area contributed by atoms with Crippen LogP contribution in [0.25, 0.3) is 0 Å². The first-order valence-corrected chi connectivity index (χ1v) is 8.61. The molecule has 3 fully saturated rings. The molecule has 4 rings (SSSR count). The molecule has 2 aliphatic heterocycles. The SMILES string of the molecule is Cc1cc(CNC2CC2)ccc1N1CCN2CCCC2C1. The molecule has 3 aliphatic rings. The molecule has 1 aromatic rings. The van der Waals surface area contributed by atoms with Crippen LogP contribution >= 0.6 is 0 Å². The number of nitrogens with zero attached hydrogens (tertiary/aromatic N) is 2. The van der Waals surface area contributed by atoms with Gasteiger partial charge in [-0.05, 0) is 56.3 Å². The molecule has 1 N–H and O–H groups in total. The van der Waals surface area contributed by atoms with E-state index in [1.54, 1.807) is 0 Å². The molecule has 1 saturated carbocycles. The van der Waals surface area contributed by atoms with Crippen LogP contribution in [0.1, 0.15) is 36.8 Å². The maximum atomic E-state index is 3.61. The Balaban J connectivity index is 1.44. The van der Waals surface area contributed by atoms with Crippen LogP contribution in [0.2, 0.25) is 0 Å². The molecule has 3 nitrogen and oxygen atoms in total. The highest BCUT2D eigenvalue weighted by molar-refractivity contribution is 5.55. The van der Waals surface area contributed by atoms with E-state index in [0.717, 1.165) is 18.6 Å². The van der Waals surface area contributed by atoms with Gasteiger partial charge in [0.25, 0.3) is 0 Å². The second kappa shape index (κ2) is 5.62. The predicted molar refractivity (Wildman–Crippen MR) is 87.8 cm³/mol. The van der Waals surface area contributed by atoms with Crippen molar-refractivity contribution in [3.8, 4) is 0 Å². The van der Waals surface area contributed by atoms with Gasteiger partial charge < -0.3 is 10.2 Å². The lowest BCUT2D eigenvalue weighted by Crippen LogP contribution is -2.50. The van der Waals surface area contributed by atoms with Gasteiger partial charge in [0.05, 0.1) is 0 Å². The highest BCUT2D eigenvalue weighted by Crippen LogP contribution is 2.28. The summed E-state index contributed by atoms with van der Waals surface area (Å²) in [7, 11) is 0. The molecule has 2 saturated heterocycles. The Morgan fingerprint density at radius 3 is 2.86 bits per heavy atom. The number of aryl methyl sites for hydroxylation is 1. The lowest BCUT2D eigenvalue weighted by atomic mass is 10.1. The maximum absolute atomic E-state index is 3.61. The van der Waals surface area contributed by atoms with Crippen molar-refractivity contribution in [2.45, 2.75) is 51.2 Å². The van der Waals surface area contributed by atoms with Gasteiger partial charge in [-0.3, -0.25) is 4.90 Å². The molecule has 0 spiro atoms. The molecule has 0 radical (unpaired) electrons. The highest BCUT2D eigenvalue weighted by atomic mass is 15.3. The molecule has 3 heteroatoms. The minimum atomic E-state index is 0.792. The second-order valence-electron chi connectivity index (χ2n) is 7.05. The molecule has 2 heterocycles. The Morgan fingerprint density at radius 2 is 2.05 bits per heavy atom. The summed E-state index contributed by atoms with van der Waals surface area (Å²) in [5.41, 5.74) is 4.33. The number of rotatable bonds is 4. The number of hydrogen-bond donors (Lipinski definition) is 1. The van der Waals surface area contributed by atoms with Crippen LogP contribution in [0.15, 0.2) is 18.2 Å². The molecule has 21 heavy (non-hydrogen) atoms. The van der Waals surface area contributed by atoms with Gasteiger partial charge in [-0.25, -0.2) is 0 Å². The first kappa shape index (κ1) is 13.6. The molecule has 0 bridgehead atoms. The topological polar surface area (TPSA) is 18.5 Å². The zero-order chi connectivity index (χ0) is 14.2. The number of piperazine rings is 1. The molecule has 1 unspecified atom stereocenters. The Bertz CT molecular complexity index is 509. The van der Waals surface area contributed by atoms with Gasteiger partial charge in [0.2, 0.25) is 0 Å². The predicted octanol–water partition coefficient (Wildman–Crippen LogP) is 2.53. The summed E-state index contributed by atoms with van der Waals surface area (Å²) in [6.07, 6.45) is 5.51. The summed E-state index contributed by atoms with van der Waals surface area (Å²) in [5.74, 6) is 0. The maximum Gasteiger partial charge on any atom is 0.0397 e. The second-order valence-corrected chi connectivity index (χ2v) is 7.05. The van der Waals surface area contributed by atoms with Crippen molar-refractivity contribution in [2.24, 2.45) is 0 Å². The first-order valence-electron chi connectivity index (χ1n) is 8.61. The van der Waals surface area contributed by atoms with E-state index in [1.807, 2.05) is 0 Å². The summed E-state index contributed by atoms with van der Waals surface area (Å²) in [4.78, 5) is 5.29. The fourth-order valence-electron chi connectivity index (χ4n) is 3.94. The smallest absolute Gasteiger partial charge is 0.0397 e. The molecular weight excluding hydrogens is 258 g/mol. The number of hydrogen-bond acceptors (Lipinski definition) is 3. The van der Waals surface area contributed by atoms with Crippen LogP contribution in [0.5, 0.6) is 0 Å². The Hall–Kier alpha value is -1.06. The fourth-order valence-corrected chi connectivity index (χ4v) is 3.94. The number of fused-ring (bicyclic) bond motifs is 1. The standard InChI is InChI=1S/C18H27N3/c1-14-11-15(12-19-16-5-6-16)4-7-18(14)21-10-9-20-8-2-3-17(20)13-21/h4,7,11,16-17,19H,2-3,5-6,8-10,12-13H2,1H3. The van der Waals surface area contributed by atoms with Crippen molar-refractivity contribution in [3.63, 3.8) is 0 Å². The van der Waals surface area contributed by atoms with Gasteiger partial charge >= 0.3 is 0 Å². The van der Waals surface area contributed by atoms with Gasteiger partial charge in [0.15, 0.2) is 0 Å². The van der Waals surface area contributed by atoms with Crippen LogP contribution in [-0.2, 0) is 6.54 Å². The van der Waals surface area contributed by atoms with Crippen LogP contribution < -0.4 is 10.2 Å². The van der Waals surface area contributed by atoms with Crippen molar-refractivity contribution >= 4 is 5.69 Å². The van der Waals surface area contributed by atoms with E-state index >= 15 is 0 Å². The zero-order valence-corrected chi connectivity index (χ0v) is 13.1. The zero-order valence-electron chi connectivity index (χ0n) is 13.1. The van der Waals surface area contributed by atoms with Gasteiger partial charge in [-0.1, -0.05) is 12.1 Å². The van der Waals surface area contributed by atoms with Crippen molar-refractivity contribution < 1.29 is 0 Å². The van der Waals surface area contributed by atoms with Crippen LogP contribution in [0, 0.1) is 6.92 Å². The van der Waals surface area contributed by atoms with Gasteiger partial charge in [0.1, 0.15) is 0 Å². The molecule has 1 atom stereocenters.